The summed E-state index contributed by atoms with van der Waals surface area (Å²) in [5.74, 6) is 0. The van der Waals surface area contributed by atoms with E-state index in [1.807, 2.05) is 11.3 Å². The highest BCUT2D eigenvalue weighted by molar-refractivity contribution is 7.26. The van der Waals surface area contributed by atoms with Gasteiger partial charge in [0.25, 0.3) is 0 Å². The summed E-state index contributed by atoms with van der Waals surface area (Å²) >= 11 is 1.93. The van der Waals surface area contributed by atoms with Gasteiger partial charge in [0.2, 0.25) is 0 Å². The number of thiophene rings is 1. The number of para-hydroxylation sites is 4. The van der Waals surface area contributed by atoms with Crippen LogP contribution in [0.1, 0.15) is 105 Å². The first-order chi connectivity index (χ1) is 32.3. The molecule has 68 heavy (non-hydrogen) atoms. The van der Waals surface area contributed by atoms with Crippen molar-refractivity contribution in [3.05, 3.63) is 186 Å². The SMILES string of the molecule is CC(C)(C)c1ccccc1N(c1ccc2c(ccc3c4ccc(N(c5ccccc5C(C)(C)C)c5ccccc5C(C)(C)C)c5c6sc7ccccc7c6n(c23)c45)c1)c1ccccc1C(C)(C)C. The summed E-state index contributed by atoms with van der Waals surface area (Å²) in [4.78, 5) is 5.12. The molecule has 3 heterocycles. The topological polar surface area (TPSA) is 10.9 Å². The first-order valence-electron chi connectivity index (χ1n) is 24.4. The first kappa shape index (κ1) is 43.9. The van der Waals surface area contributed by atoms with E-state index in [1.54, 1.807) is 0 Å². The van der Waals surface area contributed by atoms with E-state index in [2.05, 4.69) is 261 Å². The first-order valence-corrected chi connectivity index (χ1v) is 25.2. The summed E-state index contributed by atoms with van der Waals surface area (Å²) in [6.07, 6.45) is 0. The molecule has 0 aliphatic heterocycles. The van der Waals surface area contributed by atoms with Gasteiger partial charge in [0.1, 0.15) is 0 Å². The van der Waals surface area contributed by atoms with Gasteiger partial charge in [-0.3, -0.25) is 0 Å². The number of benzene rings is 8. The lowest BCUT2D eigenvalue weighted by Gasteiger charge is -2.35. The molecular weight excluding hydrogens is 843 g/mol. The molecule has 0 saturated heterocycles. The summed E-state index contributed by atoms with van der Waals surface area (Å²) in [6, 6.07) is 61.9. The fourth-order valence-electron chi connectivity index (χ4n) is 11.1. The van der Waals surface area contributed by atoms with Crippen LogP contribution < -0.4 is 9.80 Å². The maximum atomic E-state index is 2.64. The smallest absolute Gasteiger partial charge is 0.0729 e. The van der Waals surface area contributed by atoms with Gasteiger partial charge in [0.05, 0.1) is 26.9 Å². The molecule has 4 heteroatoms. The van der Waals surface area contributed by atoms with Crippen LogP contribution in [0.2, 0.25) is 0 Å². The van der Waals surface area contributed by atoms with Gasteiger partial charge < -0.3 is 14.2 Å². The Morgan fingerprint density at radius 3 is 1.29 bits per heavy atom. The van der Waals surface area contributed by atoms with Gasteiger partial charge in [-0.2, -0.15) is 0 Å². The predicted molar refractivity (Wildman–Crippen MR) is 298 cm³/mol. The van der Waals surface area contributed by atoms with Gasteiger partial charge in [-0.25, -0.2) is 0 Å². The highest BCUT2D eigenvalue weighted by Crippen LogP contribution is 2.54. The molecule has 8 aromatic carbocycles. The lowest BCUT2D eigenvalue weighted by atomic mass is 9.83. The van der Waals surface area contributed by atoms with Crippen molar-refractivity contribution in [2.45, 2.75) is 105 Å². The zero-order valence-corrected chi connectivity index (χ0v) is 42.7. The second-order valence-electron chi connectivity index (χ2n) is 23.1. The van der Waals surface area contributed by atoms with E-state index in [4.69, 9.17) is 0 Å². The Labute approximate surface area is 406 Å². The monoisotopic (exact) mass is 905 g/mol. The standard InChI is InChI=1S/C64H63N3S/c1-61(2,3)46-24-14-18-28-50(46)65(51-29-19-15-25-47(51)62(4,5)6)41-34-36-42-40(39-41)33-35-43-44-37-38-54(56-58(44)67(57(42)43)59-45-23-13-22-32-55(45)68-60(56)59)66(52-30-20-16-26-48(52)63(7,8)9)53-31-21-17-27-49(53)64(10,11)12/h13-39H,1-12H3. The van der Waals surface area contributed by atoms with Crippen LogP contribution in [-0.2, 0) is 21.7 Å². The van der Waals surface area contributed by atoms with E-state index in [0.717, 1.165) is 5.69 Å². The van der Waals surface area contributed by atoms with Crippen molar-refractivity contribution in [1.82, 2.24) is 4.40 Å². The van der Waals surface area contributed by atoms with Crippen molar-refractivity contribution >= 4 is 104 Å². The van der Waals surface area contributed by atoms with Gasteiger partial charge in [-0.1, -0.05) is 198 Å². The lowest BCUT2D eigenvalue weighted by Crippen LogP contribution is -2.22. The second kappa shape index (κ2) is 15.5. The minimum Gasteiger partial charge on any atom is -0.310 e. The molecule has 0 fully saturated rings. The van der Waals surface area contributed by atoms with Gasteiger partial charge in [-0.05, 0) is 97.8 Å². The van der Waals surface area contributed by atoms with E-state index in [-0.39, 0.29) is 21.7 Å². The molecule has 3 nitrogen and oxygen atoms in total. The van der Waals surface area contributed by atoms with E-state index in [1.165, 1.54) is 109 Å². The molecule has 0 aliphatic carbocycles. The lowest BCUT2D eigenvalue weighted by molar-refractivity contribution is 0.586. The Hall–Kier alpha value is -6.62. The van der Waals surface area contributed by atoms with Crippen LogP contribution in [0, 0.1) is 0 Å². The van der Waals surface area contributed by atoms with Gasteiger partial charge in [0.15, 0.2) is 0 Å². The molecule has 0 amide bonds. The van der Waals surface area contributed by atoms with Crippen LogP contribution >= 0.6 is 11.3 Å². The van der Waals surface area contributed by atoms with E-state index >= 15 is 0 Å². The van der Waals surface area contributed by atoms with Crippen LogP contribution in [0.3, 0.4) is 0 Å². The highest BCUT2D eigenvalue weighted by atomic mass is 32.1. The normalized spacial score (nSPS) is 13.0. The molecule has 0 radical (unpaired) electrons. The molecule has 0 aliphatic rings. The zero-order chi connectivity index (χ0) is 47.7. The number of hydrogen-bond acceptors (Lipinski definition) is 3. The van der Waals surface area contributed by atoms with E-state index in [0.29, 0.717) is 0 Å². The number of anilines is 6. The molecule has 0 atom stereocenters. The molecule has 0 saturated carbocycles. The summed E-state index contributed by atoms with van der Waals surface area (Å²) in [7, 11) is 0. The third-order valence-corrected chi connectivity index (χ3v) is 15.4. The fourth-order valence-corrected chi connectivity index (χ4v) is 12.3. The maximum Gasteiger partial charge on any atom is 0.0729 e. The van der Waals surface area contributed by atoms with Gasteiger partial charge >= 0.3 is 0 Å². The summed E-state index contributed by atoms with van der Waals surface area (Å²) in [5.41, 5.74) is 16.0. The quantitative estimate of drug-likeness (QED) is 0.165. The number of nitrogens with zero attached hydrogens (tertiary/aromatic N) is 3. The van der Waals surface area contributed by atoms with Gasteiger partial charge in [-0.15, -0.1) is 11.3 Å². The van der Waals surface area contributed by atoms with Crippen molar-refractivity contribution in [2.75, 3.05) is 9.80 Å². The molecule has 340 valence electrons. The largest absolute Gasteiger partial charge is 0.310 e. The van der Waals surface area contributed by atoms with Crippen LogP contribution in [-0.4, -0.2) is 4.40 Å². The molecule has 0 unspecified atom stereocenters. The molecule has 0 spiro atoms. The van der Waals surface area contributed by atoms with E-state index < -0.39 is 0 Å². The summed E-state index contributed by atoms with van der Waals surface area (Å²) in [5, 5.41) is 7.62. The minimum absolute atomic E-state index is 0.0679. The molecule has 11 aromatic rings. The third-order valence-electron chi connectivity index (χ3n) is 14.2. The number of aromatic nitrogens is 1. The van der Waals surface area contributed by atoms with Crippen molar-refractivity contribution in [1.29, 1.82) is 0 Å². The van der Waals surface area contributed by atoms with Crippen molar-refractivity contribution < 1.29 is 0 Å². The molecule has 3 aromatic heterocycles. The Morgan fingerprint density at radius 2 is 0.779 bits per heavy atom. The fraction of sp³-hybridized carbons (Fsp3) is 0.250. The van der Waals surface area contributed by atoms with Crippen molar-refractivity contribution in [3.8, 4) is 0 Å². The number of hydrogen-bond donors (Lipinski definition) is 0. The maximum absolute atomic E-state index is 2.64. The summed E-state index contributed by atoms with van der Waals surface area (Å²) in [6.45, 7) is 28.0. The predicted octanol–water partition coefficient (Wildman–Crippen LogP) is 19.3. The van der Waals surface area contributed by atoms with Gasteiger partial charge in [0, 0.05) is 60.1 Å². The molecule has 0 bridgehead atoms. The molecular formula is C64H63N3S. The third kappa shape index (κ3) is 6.89. The Morgan fingerprint density at radius 1 is 0.353 bits per heavy atom. The van der Waals surface area contributed by atoms with Crippen LogP contribution in [0.15, 0.2) is 164 Å². The van der Waals surface area contributed by atoms with Crippen molar-refractivity contribution in [2.24, 2.45) is 0 Å². The Kier molecular flexibility index (Phi) is 9.98. The second-order valence-corrected chi connectivity index (χ2v) is 24.1. The summed E-state index contributed by atoms with van der Waals surface area (Å²) < 4.78 is 5.27. The molecule has 11 rings (SSSR count). The van der Waals surface area contributed by atoms with Crippen molar-refractivity contribution in [3.63, 3.8) is 0 Å². The number of fused-ring (bicyclic) bond motifs is 10. The highest BCUT2D eigenvalue weighted by Gasteiger charge is 2.33. The Balaban J connectivity index is 1.24. The van der Waals surface area contributed by atoms with Crippen LogP contribution in [0.25, 0.3) is 58.3 Å². The average molecular weight is 906 g/mol. The minimum atomic E-state index is -0.0926. The Bertz CT molecular complexity index is 3630. The average Bonchev–Trinajstić information content (AvgIpc) is 3.95. The molecule has 0 N–H and O–H groups in total. The van der Waals surface area contributed by atoms with Crippen LogP contribution in [0.4, 0.5) is 34.1 Å². The zero-order valence-electron chi connectivity index (χ0n) is 41.8. The number of rotatable bonds is 6. The van der Waals surface area contributed by atoms with E-state index in [9.17, 15) is 0 Å². The van der Waals surface area contributed by atoms with Crippen LogP contribution in [0.5, 0.6) is 0 Å².